The zero-order chi connectivity index (χ0) is 26.5. The Labute approximate surface area is 220 Å². The second-order valence-corrected chi connectivity index (χ2v) is 10.7. The molecule has 2 aromatic rings. The van der Waals surface area contributed by atoms with E-state index in [9.17, 15) is 9.59 Å². The lowest BCUT2D eigenvalue weighted by Gasteiger charge is -2.41. The van der Waals surface area contributed by atoms with Crippen LogP contribution in [0.2, 0.25) is 0 Å². The van der Waals surface area contributed by atoms with Gasteiger partial charge in [-0.1, -0.05) is 12.1 Å². The summed E-state index contributed by atoms with van der Waals surface area (Å²) < 4.78 is 22.0. The third-order valence-corrected chi connectivity index (χ3v) is 6.43. The first-order chi connectivity index (χ1) is 16.9. The molecule has 0 aliphatic carbocycles. The number of hydrogen-bond acceptors (Lipinski definition) is 8. The fourth-order valence-electron chi connectivity index (χ4n) is 3.85. The van der Waals surface area contributed by atoms with E-state index in [2.05, 4.69) is 31.1 Å². The Morgan fingerprint density at radius 3 is 2.33 bits per heavy atom. The van der Waals surface area contributed by atoms with Crippen molar-refractivity contribution in [3.8, 4) is 11.5 Å². The number of benzene rings is 1. The number of nitrogens with one attached hydrogen (secondary N) is 1. The van der Waals surface area contributed by atoms with E-state index in [-0.39, 0.29) is 5.69 Å². The SMILES string of the molecule is COC(=O)c1nc(Br)c(OCc2ccc(OC)cc2)cc1N1CCC(C)(NC(=O)OC(C)(C)C)CC1. The normalized spacial score (nSPS) is 15.1. The molecule has 9 nitrogen and oxygen atoms in total. The predicted octanol–water partition coefficient (Wildman–Crippen LogP) is 5.10. The van der Waals surface area contributed by atoms with E-state index >= 15 is 0 Å². The average Bonchev–Trinajstić information content (AvgIpc) is 2.82. The summed E-state index contributed by atoms with van der Waals surface area (Å²) in [7, 11) is 2.95. The lowest BCUT2D eigenvalue weighted by atomic mass is 9.89. The highest BCUT2D eigenvalue weighted by Crippen LogP contribution is 2.35. The number of amides is 1. The van der Waals surface area contributed by atoms with Crippen molar-refractivity contribution >= 4 is 33.7 Å². The number of carbonyl (C=O) groups excluding carboxylic acids is 2. The summed E-state index contributed by atoms with van der Waals surface area (Å²) in [6, 6.07) is 9.39. The van der Waals surface area contributed by atoms with Crippen LogP contribution in [0.25, 0.3) is 0 Å². The first-order valence-electron chi connectivity index (χ1n) is 11.7. The quantitative estimate of drug-likeness (QED) is 0.366. The van der Waals surface area contributed by atoms with Crippen LogP contribution in [-0.2, 0) is 16.1 Å². The highest BCUT2D eigenvalue weighted by molar-refractivity contribution is 9.10. The lowest BCUT2D eigenvalue weighted by molar-refractivity contribution is 0.0448. The summed E-state index contributed by atoms with van der Waals surface area (Å²) in [5, 5.41) is 3.00. The number of ether oxygens (including phenoxy) is 4. The molecule has 1 fully saturated rings. The third-order valence-electron chi connectivity index (χ3n) is 5.87. The molecule has 0 unspecified atom stereocenters. The minimum absolute atomic E-state index is 0.199. The Kier molecular flexibility index (Phi) is 8.71. The molecule has 1 amide bonds. The van der Waals surface area contributed by atoms with Crippen LogP contribution in [0.15, 0.2) is 34.9 Å². The molecule has 1 N–H and O–H groups in total. The Morgan fingerprint density at radius 1 is 1.14 bits per heavy atom. The Bertz CT molecular complexity index is 1080. The van der Waals surface area contributed by atoms with Gasteiger partial charge in [0.25, 0.3) is 0 Å². The van der Waals surface area contributed by atoms with Gasteiger partial charge in [0.2, 0.25) is 0 Å². The number of halogens is 1. The summed E-state index contributed by atoms with van der Waals surface area (Å²) in [5.41, 5.74) is 0.782. The second kappa shape index (κ2) is 11.4. The van der Waals surface area contributed by atoms with Crippen LogP contribution >= 0.6 is 15.9 Å². The van der Waals surface area contributed by atoms with E-state index in [1.165, 1.54) is 7.11 Å². The van der Waals surface area contributed by atoms with Crippen LogP contribution in [0.4, 0.5) is 10.5 Å². The molecule has 2 heterocycles. The van der Waals surface area contributed by atoms with Crippen LogP contribution < -0.4 is 19.7 Å². The number of pyridine rings is 1. The van der Waals surface area contributed by atoms with Crippen molar-refractivity contribution < 1.29 is 28.5 Å². The third kappa shape index (κ3) is 7.25. The molecule has 10 heteroatoms. The molecule has 0 atom stereocenters. The van der Waals surface area contributed by atoms with E-state index < -0.39 is 23.2 Å². The highest BCUT2D eigenvalue weighted by atomic mass is 79.9. The first-order valence-corrected chi connectivity index (χ1v) is 12.5. The minimum atomic E-state index is -0.568. The molecule has 0 radical (unpaired) electrons. The van der Waals surface area contributed by atoms with E-state index in [1.54, 1.807) is 13.2 Å². The van der Waals surface area contributed by atoms with Gasteiger partial charge in [0.05, 0.1) is 19.9 Å². The van der Waals surface area contributed by atoms with Crippen molar-refractivity contribution in [1.82, 2.24) is 10.3 Å². The molecular formula is C26H34BrN3O6. The maximum Gasteiger partial charge on any atom is 0.408 e. The molecular weight excluding hydrogens is 530 g/mol. The van der Waals surface area contributed by atoms with Gasteiger partial charge in [-0.05, 0) is 74.2 Å². The molecule has 36 heavy (non-hydrogen) atoms. The van der Waals surface area contributed by atoms with E-state index in [4.69, 9.17) is 18.9 Å². The Hall–Kier alpha value is -3.01. The maximum atomic E-state index is 12.5. The molecule has 1 aliphatic heterocycles. The van der Waals surface area contributed by atoms with E-state index in [1.807, 2.05) is 52.0 Å². The number of alkyl carbamates (subject to hydrolysis) is 1. The van der Waals surface area contributed by atoms with Gasteiger partial charge in [-0.2, -0.15) is 0 Å². The van der Waals surface area contributed by atoms with Crippen LogP contribution in [0.5, 0.6) is 11.5 Å². The van der Waals surface area contributed by atoms with Crippen LogP contribution in [-0.4, -0.2) is 55.5 Å². The monoisotopic (exact) mass is 563 g/mol. The van der Waals surface area contributed by atoms with Crippen molar-refractivity contribution in [2.75, 3.05) is 32.2 Å². The van der Waals surface area contributed by atoms with Crippen molar-refractivity contribution in [3.05, 3.63) is 46.2 Å². The number of methoxy groups -OCH3 is 2. The standard InChI is InChI=1S/C26H34BrN3O6/c1-25(2,3)36-24(32)29-26(4)11-13-30(14-12-26)19-15-20(22(27)28-21(19)23(31)34-6)35-16-17-7-9-18(33-5)10-8-17/h7-10,15H,11-14,16H2,1-6H3,(H,29,32). The molecule has 1 aromatic carbocycles. The summed E-state index contributed by atoms with van der Waals surface area (Å²) >= 11 is 3.42. The van der Waals surface area contributed by atoms with Gasteiger partial charge >= 0.3 is 12.1 Å². The highest BCUT2D eigenvalue weighted by Gasteiger charge is 2.35. The number of esters is 1. The molecule has 1 aromatic heterocycles. The zero-order valence-corrected chi connectivity index (χ0v) is 23.2. The fraction of sp³-hybridized carbons (Fsp3) is 0.500. The number of aromatic nitrogens is 1. The van der Waals surface area contributed by atoms with Gasteiger partial charge in [-0.3, -0.25) is 0 Å². The smallest absolute Gasteiger partial charge is 0.408 e. The molecule has 196 valence electrons. The second-order valence-electron chi connectivity index (χ2n) is 9.95. The van der Waals surface area contributed by atoms with Crippen molar-refractivity contribution in [2.24, 2.45) is 0 Å². The maximum absolute atomic E-state index is 12.5. The number of hydrogen-bond donors (Lipinski definition) is 1. The lowest BCUT2D eigenvalue weighted by Crippen LogP contribution is -2.54. The summed E-state index contributed by atoms with van der Waals surface area (Å²) in [6.07, 6.45) is 0.879. The fourth-order valence-corrected chi connectivity index (χ4v) is 4.26. The number of nitrogens with zero attached hydrogens (tertiary/aromatic N) is 2. The van der Waals surface area contributed by atoms with Gasteiger partial charge < -0.3 is 29.2 Å². The van der Waals surface area contributed by atoms with Crippen molar-refractivity contribution in [3.63, 3.8) is 0 Å². The topological polar surface area (TPSA) is 99.2 Å². The Morgan fingerprint density at radius 2 is 1.78 bits per heavy atom. The number of rotatable bonds is 7. The molecule has 0 bridgehead atoms. The minimum Gasteiger partial charge on any atom is -0.497 e. The number of piperidine rings is 1. The zero-order valence-electron chi connectivity index (χ0n) is 21.6. The van der Waals surface area contributed by atoms with Crippen LogP contribution in [0.1, 0.15) is 56.6 Å². The van der Waals surface area contributed by atoms with Gasteiger partial charge in [0.15, 0.2) is 11.4 Å². The van der Waals surface area contributed by atoms with Crippen LogP contribution in [0.3, 0.4) is 0 Å². The average molecular weight is 564 g/mol. The largest absolute Gasteiger partial charge is 0.497 e. The number of anilines is 1. The van der Waals surface area contributed by atoms with E-state index in [0.717, 1.165) is 11.3 Å². The molecule has 3 rings (SSSR count). The van der Waals surface area contributed by atoms with Gasteiger partial charge in [0.1, 0.15) is 22.6 Å². The van der Waals surface area contributed by atoms with Gasteiger partial charge in [-0.25, -0.2) is 14.6 Å². The molecule has 0 spiro atoms. The van der Waals surface area contributed by atoms with Crippen molar-refractivity contribution in [1.29, 1.82) is 0 Å². The molecule has 0 saturated carbocycles. The Balaban J connectivity index is 1.76. The summed E-state index contributed by atoms with van der Waals surface area (Å²) in [6.45, 7) is 9.01. The predicted molar refractivity (Wildman–Crippen MR) is 140 cm³/mol. The van der Waals surface area contributed by atoms with Gasteiger partial charge in [0, 0.05) is 24.7 Å². The number of carbonyl (C=O) groups is 2. The van der Waals surface area contributed by atoms with Gasteiger partial charge in [-0.15, -0.1) is 0 Å². The summed E-state index contributed by atoms with van der Waals surface area (Å²) in [4.78, 5) is 31.4. The van der Waals surface area contributed by atoms with E-state index in [0.29, 0.717) is 48.6 Å². The van der Waals surface area contributed by atoms with Crippen molar-refractivity contribution in [2.45, 2.75) is 58.3 Å². The molecule has 1 saturated heterocycles. The molecule has 1 aliphatic rings. The summed E-state index contributed by atoms with van der Waals surface area (Å²) in [5.74, 6) is 0.742. The first kappa shape index (κ1) is 27.6. The van der Waals surface area contributed by atoms with Crippen LogP contribution in [0, 0.1) is 0 Å².